The third-order valence-electron chi connectivity index (χ3n) is 6.09. The lowest BCUT2D eigenvalue weighted by atomic mass is 9.76. The Morgan fingerprint density at radius 1 is 1.19 bits per heavy atom. The van der Waals surface area contributed by atoms with Gasteiger partial charge < -0.3 is 24.8 Å². The zero-order valence-corrected chi connectivity index (χ0v) is 18.1. The van der Waals surface area contributed by atoms with E-state index in [0.29, 0.717) is 35.3 Å². The quantitative estimate of drug-likeness (QED) is 0.648. The van der Waals surface area contributed by atoms with Crippen LogP contribution in [0.1, 0.15) is 39.9 Å². The normalized spacial score (nSPS) is 20.8. The first-order valence-electron chi connectivity index (χ1n) is 10.4. The molecule has 0 bridgehead atoms. The Morgan fingerprint density at radius 2 is 1.94 bits per heavy atom. The Hall–Kier alpha value is -3.41. The number of nitrogens with one attached hydrogen (secondary N) is 2. The Balaban J connectivity index is 1.80. The Bertz CT molecular complexity index is 1010. The largest absolute Gasteiger partial charge is 0.493 e. The molecule has 1 aliphatic heterocycles. The number of ether oxygens (including phenoxy) is 3. The number of carbonyl (C=O) groups is 1. The van der Waals surface area contributed by atoms with Crippen LogP contribution in [0.3, 0.4) is 0 Å². The van der Waals surface area contributed by atoms with Gasteiger partial charge in [-0.15, -0.1) is 6.58 Å². The van der Waals surface area contributed by atoms with Crippen LogP contribution in [0.15, 0.2) is 55.1 Å². The second kappa shape index (κ2) is 8.76. The molecule has 0 saturated heterocycles. The van der Waals surface area contributed by atoms with Crippen LogP contribution < -0.4 is 24.8 Å². The van der Waals surface area contributed by atoms with Gasteiger partial charge in [-0.3, -0.25) is 4.79 Å². The van der Waals surface area contributed by atoms with Crippen molar-refractivity contribution in [3.05, 3.63) is 71.8 Å². The highest BCUT2D eigenvalue weighted by Crippen LogP contribution is 2.52. The molecule has 4 rings (SSSR count). The average Bonchev–Trinajstić information content (AvgIpc) is 3.30. The minimum absolute atomic E-state index is 0.0189. The van der Waals surface area contributed by atoms with Crippen LogP contribution in [0, 0.1) is 5.92 Å². The molecular formula is C25H28N2O4. The second-order valence-electron chi connectivity index (χ2n) is 7.70. The second-order valence-corrected chi connectivity index (χ2v) is 7.70. The number of rotatable bonds is 7. The van der Waals surface area contributed by atoms with E-state index in [1.807, 2.05) is 24.3 Å². The first-order chi connectivity index (χ1) is 15.1. The summed E-state index contributed by atoms with van der Waals surface area (Å²) < 4.78 is 16.6. The summed E-state index contributed by atoms with van der Waals surface area (Å²) in [4.78, 5) is 12.8. The van der Waals surface area contributed by atoms with E-state index in [1.54, 1.807) is 27.4 Å². The van der Waals surface area contributed by atoms with Gasteiger partial charge in [0.1, 0.15) is 0 Å². The smallest absolute Gasteiger partial charge is 0.253 e. The summed E-state index contributed by atoms with van der Waals surface area (Å²) in [6.45, 7) is 4.10. The number of anilines is 1. The molecule has 31 heavy (non-hydrogen) atoms. The van der Waals surface area contributed by atoms with E-state index < -0.39 is 0 Å². The number of hydrogen-bond donors (Lipinski definition) is 2. The monoisotopic (exact) mass is 420 g/mol. The lowest BCUT2D eigenvalue weighted by Gasteiger charge is -2.38. The number of allylic oxidation sites excluding steroid dienone is 2. The number of para-hydroxylation sites is 1. The minimum atomic E-state index is -0.117. The fourth-order valence-corrected chi connectivity index (χ4v) is 4.68. The maximum Gasteiger partial charge on any atom is 0.253 e. The lowest BCUT2D eigenvalue weighted by Crippen LogP contribution is -2.32. The van der Waals surface area contributed by atoms with Crippen LogP contribution in [-0.2, 0) is 0 Å². The molecule has 0 radical (unpaired) electrons. The zero-order valence-electron chi connectivity index (χ0n) is 18.1. The number of benzene rings is 2. The highest BCUT2D eigenvalue weighted by atomic mass is 16.5. The number of hydrogen-bond acceptors (Lipinski definition) is 5. The fourth-order valence-electron chi connectivity index (χ4n) is 4.68. The summed E-state index contributed by atoms with van der Waals surface area (Å²) in [6, 6.07) is 9.86. The van der Waals surface area contributed by atoms with Crippen LogP contribution in [0.25, 0.3) is 0 Å². The molecule has 162 valence electrons. The van der Waals surface area contributed by atoms with Gasteiger partial charge in [0.05, 0.1) is 38.6 Å². The Labute approximate surface area is 182 Å². The van der Waals surface area contributed by atoms with E-state index in [0.717, 1.165) is 23.2 Å². The highest BCUT2D eigenvalue weighted by Gasteiger charge is 2.39. The molecule has 6 nitrogen and oxygen atoms in total. The lowest BCUT2D eigenvalue weighted by molar-refractivity contribution is 0.0958. The van der Waals surface area contributed by atoms with Crippen LogP contribution in [-0.4, -0.2) is 33.8 Å². The van der Waals surface area contributed by atoms with Gasteiger partial charge >= 0.3 is 0 Å². The van der Waals surface area contributed by atoms with Crippen LogP contribution in [0.4, 0.5) is 5.69 Å². The van der Waals surface area contributed by atoms with E-state index in [4.69, 9.17) is 14.2 Å². The molecule has 1 heterocycles. The molecule has 0 spiro atoms. The van der Waals surface area contributed by atoms with Gasteiger partial charge in [0.25, 0.3) is 5.91 Å². The molecule has 0 saturated carbocycles. The van der Waals surface area contributed by atoms with Crippen molar-refractivity contribution in [1.82, 2.24) is 5.32 Å². The Kier molecular flexibility index (Phi) is 5.89. The van der Waals surface area contributed by atoms with Crippen molar-refractivity contribution in [2.75, 3.05) is 33.2 Å². The standard InChI is InChI=1S/C25H28N2O4/c1-5-12-26-25(28)19-11-7-10-18-16-8-6-9-17(16)22(27-23(18)19)15-13-20(29-2)24(31-4)21(14-15)30-3/h5-8,10-11,13-14,16-17,22,27H,1,9,12H2,2-4H3,(H,26,28). The molecule has 2 aromatic carbocycles. The van der Waals surface area contributed by atoms with E-state index in [1.165, 1.54) is 0 Å². The number of methoxy groups -OCH3 is 3. The minimum Gasteiger partial charge on any atom is -0.493 e. The number of carbonyl (C=O) groups excluding carboxylic acids is 1. The number of amides is 1. The predicted octanol–water partition coefficient (Wildman–Crippen LogP) is 4.45. The molecule has 2 aromatic rings. The van der Waals surface area contributed by atoms with Gasteiger partial charge in [-0.05, 0) is 41.7 Å². The van der Waals surface area contributed by atoms with E-state index in [-0.39, 0.29) is 17.9 Å². The fraction of sp³-hybridized carbons (Fsp3) is 0.320. The Morgan fingerprint density at radius 3 is 2.58 bits per heavy atom. The van der Waals surface area contributed by atoms with Crippen LogP contribution in [0.2, 0.25) is 0 Å². The van der Waals surface area contributed by atoms with E-state index in [9.17, 15) is 4.79 Å². The highest BCUT2D eigenvalue weighted by molar-refractivity contribution is 6.00. The summed E-state index contributed by atoms with van der Waals surface area (Å²) >= 11 is 0. The van der Waals surface area contributed by atoms with Gasteiger partial charge in [-0.2, -0.15) is 0 Å². The van der Waals surface area contributed by atoms with Crippen molar-refractivity contribution in [3.63, 3.8) is 0 Å². The van der Waals surface area contributed by atoms with E-state index in [2.05, 4.69) is 35.4 Å². The van der Waals surface area contributed by atoms with Crippen molar-refractivity contribution >= 4 is 11.6 Å². The third kappa shape index (κ3) is 3.63. The van der Waals surface area contributed by atoms with Gasteiger partial charge in [0, 0.05) is 12.5 Å². The number of fused-ring (bicyclic) bond motifs is 3. The van der Waals surface area contributed by atoms with Gasteiger partial charge in [0.2, 0.25) is 5.75 Å². The average molecular weight is 421 g/mol. The molecule has 0 aromatic heterocycles. The van der Waals surface area contributed by atoms with Crippen molar-refractivity contribution in [2.24, 2.45) is 5.92 Å². The van der Waals surface area contributed by atoms with Gasteiger partial charge in [-0.25, -0.2) is 0 Å². The van der Waals surface area contributed by atoms with Crippen LogP contribution in [0.5, 0.6) is 17.2 Å². The van der Waals surface area contributed by atoms with Crippen molar-refractivity contribution < 1.29 is 19.0 Å². The molecule has 2 aliphatic rings. The molecule has 3 unspecified atom stereocenters. The summed E-state index contributed by atoms with van der Waals surface area (Å²) in [5.74, 6) is 2.23. The molecule has 0 fully saturated rings. The summed E-state index contributed by atoms with van der Waals surface area (Å²) in [6.07, 6.45) is 7.10. The molecule has 6 heteroatoms. The first kappa shape index (κ1) is 20.8. The summed E-state index contributed by atoms with van der Waals surface area (Å²) in [5.41, 5.74) is 3.68. The van der Waals surface area contributed by atoms with Crippen molar-refractivity contribution in [3.8, 4) is 17.2 Å². The maximum absolute atomic E-state index is 12.8. The van der Waals surface area contributed by atoms with Crippen molar-refractivity contribution in [1.29, 1.82) is 0 Å². The SMILES string of the molecule is C=CCNC(=O)c1cccc2c1NC(c1cc(OC)c(OC)c(OC)c1)C1CC=CC21. The molecule has 3 atom stereocenters. The first-order valence-corrected chi connectivity index (χ1v) is 10.4. The molecule has 1 aliphatic carbocycles. The summed E-state index contributed by atoms with van der Waals surface area (Å²) in [5, 5.41) is 6.57. The van der Waals surface area contributed by atoms with Crippen molar-refractivity contribution in [2.45, 2.75) is 18.4 Å². The maximum atomic E-state index is 12.8. The molecule has 2 N–H and O–H groups in total. The topological polar surface area (TPSA) is 68.8 Å². The predicted molar refractivity (Wildman–Crippen MR) is 121 cm³/mol. The van der Waals surface area contributed by atoms with Gasteiger partial charge in [0.15, 0.2) is 11.5 Å². The molecule has 1 amide bonds. The molecular weight excluding hydrogens is 392 g/mol. The van der Waals surface area contributed by atoms with Gasteiger partial charge in [-0.1, -0.05) is 30.4 Å². The summed E-state index contributed by atoms with van der Waals surface area (Å²) in [7, 11) is 4.83. The van der Waals surface area contributed by atoms with E-state index >= 15 is 0 Å². The third-order valence-corrected chi connectivity index (χ3v) is 6.09. The van der Waals surface area contributed by atoms with Crippen LogP contribution >= 0.6 is 0 Å². The zero-order chi connectivity index (χ0) is 22.0.